The zero-order valence-electron chi connectivity index (χ0n) is 9.16. The summed E-state index contributed by atoms with van der Waals surface area (Å²) < 4.78 is 0.773. The summed E-state index contributed by atoms with van der Waals surface area (Å²) in [4.78, 5) is 14.9. The molecule has 0 aliphatic heterocycles. The first kappa shape index (κ1) is 12.1. The number of nitrogens with one attached hydrogen (secondary N) is 2. The first-order valence-corrected chi connectivity index (χ1v) is 6.18. The Balaban J connectivity index is 2.23. The van der Waals surface area contributed by atoms with Crippen molar-refractivity contribution in [1.29, 1.82) is 0 Å². The second-order valence-electron chi connectivity index (χ2n) is 3.69. The predicted octanol–water partition coefficient (Wildman–Crippen LogP) is 2.04. The van der Waals surface area contributed by atoms with Gasteiger partial charge in [0.1, 0.15) is 5.69 Å². The minimum atomic E-state index is -0.165. The van der Waals surface area contributed by atoms with Crippen LogP contribution >= 0.6 is 15.9 Å². The number of rotatable bonds is 4. The molecule has 4 nitrogen and oxygen atoms in total. The number of halogens is 1. The Labute approximate surface area is 107 Å². The molecule has 0 fully saturated rings. The fourth-order valence-corrected chi connectivity index (χ4v) is 2.26. The number of carbonyl (C=O) groups excluding carboxylic acids is 1. The topological polar surface area (TPSA) is 65.1 Å². The average molecular weight is 297 g/mol. The summed E-state index contributed by atoms with van der Waals surface area (Å²) in [6.07, 6.45) is 0.559. The van der Waals surface area contributed by atoms with E-state index in [1.54, 1.807) is 0 Å². The Kier molecular flexibility index (Phi) is 3.81. The van der Waals surface area contributed by atoms with Gasteiger partial charge in [0.15, 0.2) is 0 Å². The van der Waals surface area contributed by atoms with Gasteiger partial charge in [-0.15, -0.1) is 0 Å². The Hall–Kier alpha value is -1.33. The molecule has 1 aromatic carbocycles. The number of para-hydroxylation sites is 1. The highest BCUT2D eigenvalue weighted by atomic mass is 79.9. The molecular formula is C12H13BrN2O2. The van der Waals surface area contributed by atoms with Crippen LogP contribution in [0.25, 0.3) is 10.9 Å². The number of carbonyl (C=O) groups is 1. The predicted molar refractivity (Wildman–Crippen MR) is 70.0 cm³/mol. The number of H-pyrrole nitrogens is 1. The number of aromatic nitrogens is 1. The average Bonchev–Trinajstić information content (AvgIpc) is 2.68. The number of benzene rings is 1. The van der Waals surface area contributed by atoms with Crippen LogP contribution in [0, 0.1) is 0 Å². The summed E-state index contributed by atoms with van der Waals surface area (Å²) in [6.45, 7) is 0.547. The van der Waals surface area contributed by atoms with Crippen LogP contribution in [-0.2, 0) is 0 Å². The molecule has 3 N–H and O–H groups in total. The van der Waals surface area contributed by atoms with Crippen LogP contribution in [0.2, 0.25) is 0 Å². The molecule has 0 radical (unpaired) electrons. The van der Waals surface area contributed by atoms with Gasteiger partial charge in [0.2, 0.25) is 0 Å². The highest BCUT2D eigenvalue weighted by molar-refractivity contribution is 9.10. The van der Waals surface area contributed by atoms with E-state index in [2.05, 4.69) is 26.2 Å². The monoisotopic (exact) mass is 296 g/mol. The Morgan fingerprint density at radius 1 is 1.41 bits per heavy atom. The molecule has 2 rings (SSSR count). The summed E-state index contributed by atoms with van der Waals surface area (Å²) >= 11 is 3.42. The second-order valence-corrected chi connectivity index (χ2v) is 4.49. The zero-order chi connectivity index (χ0) is 12.3. The summed E-state index contributed by atoms with van der Waals surface area (Å²) in [6, 6.07) is 7.71. The molecular weight excluding hydrogens is 284 g/mol. The highest BCUT2D eigenvalue weighted by Crippen LogP contribution is 2.27. The lowest BCUT2D eigenvalue weighted by Crippen LogP contribution is -2.25. The molecule has 0 unspecified atom stereocenters. The van der Waals surface area contributed by atoms with Gasteiger partial charge in [-0.25, -0.2) is 0 Å². The van der Waals surface area contributed by atoms with Crippen molar-refractivity contribution in [3.8, 4) is 0 Å². The first-order valence-electron chi connectivity index (χ1n) is 5.39. The largest absolute Gasteiger partial charge is 0.396 e. The van der Waals surface area contributed by atoms with Crippen LogP contribution in [0.1, 0.15) is 16.9 Å². The third kappa shape index (κ3) is 2.50. The Morgan fingerprint density at radius 2 is 2.18 bits per heavy atom. The fourth-order valence-electron chi connectivity index (χ4n) is 1.63. The minimum Gasteiger partial charge on any atom is -0.396 e. The number of hydrogen-bond acceptors (Lipinski definition) is 2. The van der Waals surface area contributed by atoms with E-state index in [0.29, 0.717) is 18.7 Å². The maximum absolute atomic E-state index is 11.9. The molecule has 0 spiro atoms. The number of aliphatic hydroxyl groups is 1. The van der Waals surface area contributed by atoms with Crippen LogP contribution in [0.4, 0.5) is 0 Å². The number of hydrogen-bond donors (Lipinski definition) is 3. The van der Waals surface area contributed by atoms with Crippen LogP contribution in [0.3, 0.4) is 0 Å². The standard InChI is InChI=1S/C12H13BrN2O2/c13-10-8-4-1-2-5-9(8)15-11(10)12(17)14-6-3-7-16/h1-2,4-5,15-16H,3,6-7H2,(H,14,17). The van der Waals surface area contributed by atoms with Crippen LogP contribution in [-0.4, -0.2) is 29.1 Å². The van der Waals surface area contributed by atoms with Crippen molar-refractivity contribution in [1.82, 2.24) is 10.3 Å². The Morgan fingerprint density at radius 3 is 2.88 bits per heavy atom. The molecule has 5 heteroatoms. The van der Waals surface area contributed by atoms with Crippen molar-refractivity contribution in [2.45, 2.75) is 6.42 Å². The summed E-state index contributed by atoms with van der Waals surface area (Å²) in [5.74, 6) is -0.165. The molecule has 90 valence electrons. The Bertz CT molecular complexity index is 536. The van der Waals surface area contributed by atoms with Gasteiger partial charge in [-0.3, -0.25) is 4.79 Å². The summed E-state index contributed by atoms with van der Waals surface area (Å²) in [7, 11) is 0. The van der Waals surface area contributed by atoms with Crippen molar-refractivity contribution >= 4 is 32.7 Å². The van der Waals surface area contributed by atoms with Crippen molar-refractivity contribution in [3.05, 3.63) is 34.4 Å². The van der Waals surface area contributed by atoms with Gasteiger partial charge in [-0.2, -0.15) is 0 Å². The smallest absolute Gasteiger partial charge is 0.268 e. The number of amides is 1. The maximum Gasteiger partial charge on any atom is 0.268 e. The van der Waals surface area contributed by atoms with Gasteiger partial charge in [0, 0.05) is 24.1 Å². The third-order valence-electron chi connectivity index (χ3n) is 2.49. The summed E-state index contributed by atoms with van der Waals surface area (Å²) in [5.41, 5.74) is 1.44. The molecule has 1 heterocycles. The lowest BCUT2D eigenvalue weighted by atomic mass is 10.2. The molecule has 2 aromatic rings. The van der Waals surface area contributed by atoms with E-state index in [1.165, 1.54) is 0 Å². The van der Waals surface area contributed by atoms with Crippen LogP contribution in [0.15, 0.2) is 28.7 Å². The van der Waals surface area contributed by atoms with E-state index < -0.39 is 0 Å². The van der Waals surface area contributed by atoms with Gasteiger partial charge in [-0.1, -0.05) is 18.2 Å². The lowest BCUT2D eigenvalue weighted by molar-refractivity contribution is 0.0946. The number of fused-ring (bicyclic) bond motifs is 1. The highest BCUT2D eigenvalue weighted by Gasteiger charge is 2.14. The normalized spacial score (nSPS) is 10.7. The SMILES string of the molecule is O=C(NCCCO)c1[nH]c2ccccc2c1Br. The van der Waals surface area contributed by atoms with E-state index >= 15 is 0 Å². The quantitative estimate of drug-likeness (QED) is 0.756. The van der Waals surface area contributed by atoms with Crippen LogP contribution < -0.4 is 5.32 Å². The van der Waals surface area contributed by atoms with Crippen molar-refractivity contribution in [3.63, 3.8) is 0 Å². The zero-order valence-corrected chi connectivity index (χ0v) is 10.8. The van der Waals surface area contributed by atoms with Gasteiger partial charge in [-0.05, 0) is 28.4 Å². The molecule has 1 amide bonds. The second kappa shape index (κ2) is 5.33. The van der Waals surface area contributed by atoms with E-state index in [-0.39, 0.29) is 12.5 Å². The third-order valence-corrected chi connectivity index (χ3v) is 3.31. The molecule has 0 aliphatic carbocycles. The molecule has 0 saturated heterocycles. The molecule has 17 heavy (non-hydrogen) atoms. The van der Waals surface area contributed by atoms with E-state index in [9.17, 15) is 4.79 Å². The number of aromatic amines is 1. The molecule has 0 aliphatic rings. The van der Waals surface area contributed by atoms with Crippen molar-refractivity contribution in [2.75, 3.05) is 13.2 Å². The molecule has 1 aromatic heterocycles. The van der Waals surface area contributed by atoms with Gasteiger partial charge < -0.3 is 15.4 Å². The minimum absolute atomic E-state index is 0.0775. The molecule has 0 saturated carbocycles. The maximum atomic E-state index is 11.9. The molecule has 0 atom stereocenters. The van der Waals surface area contributed by atoms with E-state index in [0.717, 1.165) is 15.4 Å². The fraction of sp³-hybridized carbons (Fsp3) is 0.250. The van der Waals surface area contributed by atoms with Gasteiger partial charge in [0.05, 0.1) is 4.47 Å². The van der Waals surface area contributed by atoms with Gasteiger partial charge in [0.25, 0.3) is 5.91 Å². The van der Waals surface area contributed by atoms with Crippen molar-refractivity contribution < 1.29 is 9.90 Å². The first-order chi connectivity index (χ1) is 8.24. The molecule has 0 bridgehead atoms. The lowest BCUT2D eigenvalue weighted by Gasteiger charge is -2.02. The van der Waals surface area contributed by atoms with Crippen LogP contribution in [0.5, 0.6) is 0 Å². The van der Waals surface area contributed by atoms with Crippen molar-refractivity contribution in [2.24, 2.45) is 0 Å². The van der Waals surface area contributed by atoms with E-state index in [1.807, 2.05) is 24.3 Å². The van der Waals surface area contributed by atoms with Gasteiger partial charge >= 0.3 is 0 Å². The number of aliphatic hydroxyl groups excluding tert-OH is 1. The summed E-state index contributed by atoms with van der Waals surface area (Å²) in [5, 5.41) is 12.4. The van der Waals surface area contributed by atoms with E-state index in [4.69, 9.17) is 5.11 Å².